The van der Waals surface area contributed by atoms with Crippen LogP contribution in [0.15, 0.2) is 18.3 Å². The number of aliphatic carboxylic acids is 1. The maximum Gasteiger partial charge on any atom is 0.326 e. The lowest BCUT2D eigenvalue weighted by Gasteiger charge is -2.32. The molecule has 0 radical (unpaired) electrons. The average molecular weight is 249 g/mol. The lowest BCUT2D eigenvalue weighted by Crippen LogP contribution is -2.48. The van der Waals surface area contributed by atoms with Crippen molar-refractivity contribution < 1.29 is 14.7 Å². The number of piperidine rings is 1. The number of aromatic nitrogens is 1. The van der Waals surface area contributed by atoms with Gasteiger partial charge < -0.3 is 15.7 Å². The van der Waals surface area contributed by atoms with Crippen molar-refractivity contribution >= 4 is 17.6 Å². The highest BCUT2D eigenvalue weighted by Gasteiger charge is 2.32. The van der Waals surface area contributed by atoms with Crippen molar-refractivity contribution in [3.63, 3.8) is 0 Å². The van der Waals surface area contributed by atoms with Crippen LogP contribution in [-0.2, 0) is 4.79 Å². The highest BCUT2D eigenvalue weighted by molar-refractivity contribution is 5.95. The molecular formula is C12H15N3O3. The van der Waals surface area contributed by atoms with Gasteiger partial charge in [0, 0.05) is 6.54 Å². The molecular weight excluding hydrogens is 234 g/mol. The molecule has 1 atom stereocenters. The van der Waals surface area contributed by atoms with Crippen LogP contribution in [0.3, 0.4) is 0 Å². The number of carbonyl (C=O) groups excluding carboxylic acids is 1. The first-order chi connectivity index (χ1) is 8.59. The Labute approximate surface area is 104 Å². The van der Waals surface area contributed by atoms with Crippen LogP contribution in [0.2, 0.25) is 0 Å². The molecule has 1 aliphatic heterocycles. The summed E-state index contributed by atoms with van der Waals surface area (Å²) in [4.78, 5) is 28.6. The number of nitrogen functional groups attached to an aromatic ring is 1. The average Bonchev–Trinajstić information content (AvgIpc) is 2.39. The Balaban J connectivity index is 2.20. The van der Waals surface area contributed by atoms with E-state index in [1.807, 2.05) is 0 Å². The zero-order chi connectivity index (χ0) is 13.1. The number of hydrogen-bond acceptors (Lipinski definition) is 4. The van der Waals surface area contributed by atoms with Crippen LogP contribution in [0.25, 0.3) is 0 Å². The molecule has 18 heavy (non-hydrogen) atoms. The van der Waals surface area contributed by atoms with Gasteiger partial charge in [0.05, 0.1) is 11.9 Å². The Hall–Kier alpha value is -2.11. The van der Waals surface area contributed by atoms with Gasteiger partial charge in [-0.3, -0.25) is 4.79 Å². The maximum atomic E-state index is 12.2. The Kier molecular flexibility index (Phi) is 3.45. The van der Waals surface area contributed by atoms with E-state index in [2.05, 4.69) is 4.98 Å². The number of amides is 1. The molecule has 2 heterocycles. The van der Waals surface area contributed by atoms with E-state index in [0.717, 1.165) is 12.8 Å². The second kappa shape index (κ2) is 5.03. The Morgan fingerprint density at radius 1 is 1.39 bits per heavy atom. The molecule has 1 fully saturated rings. The summed E-state index contributed by atoms with van der Waals surface area (Å²) in [6.07, 6.45) is 3.55. The number of rotatable bonds is 2. The molecule has 0 spiro atoms. The third-order valence-corrected chi connectivity index (χ3v) is 3.05. The second-order valence-electron chi connectivity index (χ2n) is 4.33. The quantitative estimate of drug-likeness (QED) is 0.805. The molecule has 3 N–H and O–H groups in total. The monoisotopic (exact) mass is 249 g/mol. The minimum atomic E-state index is -0.960. The Bertz CT molecular complexity index is 458. The van der Waals surface area contributed by atoms with Crippen LogP contribution in [-0.4, -0.2) is 39.5 Å². The summed E-state index contributed by atoms with van der Waals surface area (Å²) < 4.78 is 0. The van der Waals surface area contributed by atoms with E-state index in [1.165, 1.54) is 17.2 Å². The minimum Gasteiger partial charge on any atom is -0.480 e. The summed E-state index contributed by atoms with van der Waals surface area (Å²) in [5, 5.41) is 9.11. The van der Waals surface area contributed by atoms with Gasteiger partial charge in [0.2, 0.25) is 0 Å². The van der Waals surface area contributed by atoms with Crippen molar-refractivity contribution in [3.05, 3.63) is 24.0 Å². The molecule has 1 saturated heterocycles. The molecule has 96 valence electrons. The zero-order valence-corrected chi connectivity index (χ0v) is 9.87. The maximum absolute atomic E-state index is 12.2. The van der Waals surface area contributed by atoms with Crippen LogP contribution in [0.1, 0.15) is 29.8 Å². The van der Waals surface area contributed by atoms with E-state index in [0.29, 0.717) is 18.7 Å². The van der Waals surface area contributed by atoms with Gasteiger partial charge in [-0.1, -0.05) is 0 Å². The summed E-state index contributed by atoms with van der Waals surface area (Å²) in [5.74, 6) is -1.31. The fraction of sp³-hybridized carbons (Fsp3) is 0.417. The van der Waals surface area contributed by atoms with Crippen molar-refractivity contribution in [2.75, 3.05) is 12.3 Å². The summed E-state index contributed by atoms with van der Waals surface area (Å²) in [6, 6.07) is 2.36. The number of nitrogens with two attached hydrogens (primary N) is 1. The van der Waals surface area contributed by atoms with Crippen LogP contribution in [0, 0.1) is 0 Å². The molecule has 1 amide bonds. The van der Waals surface area contributed by atoms with Gasteiger partial charge >= 0.3 is 5.97 Å². The van der Waals surface area contributed by atoms with Crippen molar-refractivity contribution in [1.82, 2.24) is 9.88 Å². The van der Waals surface area contributed by atoms with Gasteiger partial charge in [-0.15, -0.1) is 0 Å². The summed E-state index contributed by atoms with van der Waals surface area (Å²) in [5.41, 5.74) is 6.21. The largest absolute Gasteiger partial charge is 0.480 e. The third kappa shape index (κ3) is 2.42. The normalized spacial score (nSPS) is 19.6. The van der Waals surface area contributed by atoms with E-state index >= 15 is 0 Å². The summed E-state index contributed by atoms with van der Waals surface area (Å²) >= 11 is 0. The van der Waals surface area contributed by atoms with Gasteiger partial charge in [0.15, 0.2) is 0 Å². The highest BCUT2D eigenvalue weighted by Crippen LogP contribution is 2.19. The molecule has 0 unspecified atom stereocenters. The predicted molar refractivity (Wildman–Crippen MR) is 65.0 cm³/mol. The molecule has 6 heteroatoms. The smallest absolute Gasteiger partial charge is 0.326 e. The highest BCUT2D eigenvalue weighted by atomic mass is 16.4. The molecule has 2 rings (SSSR count). The number of pyridine rings is 1. The fourth-order valence-electron chi connectivity index (χ4n) is 2.11. The van der Waals surface area contributed by atoms with Crippen LogP contribution < -0.4 is 5.73 Å². The molecule has 0 saturated carbocycles. The first-order valence-electron chi connectivity index (χ1n) is 5.85. The second-order valence-corrected chi connectivity index (χ2v) is 4.33. The number of anilines is 1. The van der Waals surface area contributed by atoms with Gasteiger partial charge in [-0.25, -0.2) is 9.78 Å². The van der Waals surface area contributed by atoms with E-state index in [1.54, 1.807) is 6.07 Å². The molecule has 0 aromatic carbocycles. The van der Waals surface area contributed by atoms with Crippen molar-refractivity contribution in [3.8, 4) is 0 Å². The topological polar surface area (TPSA) is 96.5 Å². The van der Waals surface area contributed by atoms with Gasteiger partial charge in [0.1, 0.15) is 11.7 Å². The van der Waals surface area contributed by atoms with Gasteiger partial charge in [-0.05, 0) is 31.4 Å². The van der Waals surface area contributed by atoms with Gasteiger partial charge in [-0.2, -0.15) is 0 Å². The number of carboxylic acid groups (broad SMARTS) is 1. The minimum absolute atomic E-state index is 0.234. The van der Waals surface area contributed by atoms with Crippen LogP contribution in [0.5, 0.6) is 0 Å². The SMILES string of the molecule is Nc1ccc(C(=O)N2CCCC[C@H]2C(=O)O)nc1. The van der Waals surface area contributed by atoms with Gasteiger partial charge in [0.25, 0.3) is 5.91 Å². The molecule has 1 aromatic heterocycles. The standard InChI is InChI=1S/C12H15N3O3/c13-8-4-5-9(14-7-8)11(16)15-6-2-1-3-10(15)12(17)18/h4-5,7,10H,1-3,6,13H2,(H,17,18)/t10-/m0/s1. The first kappa shape index (κ1) is 12.3. The number of hydrogen-bond donors (Lipinski definition) is 2. The lowest BCUT2D eigenvalue weighted by molar-refractivity contribution is -0.143. The molecule has 6 nitrogen and oxygen atoms in total. The fourth-order valence-corrected chi connectivity index (χ4v) is 2.11. The van der Waals surface area contributed by atoms with E-state index < -0.39 is 12.0 Å². The number of nitrogens with zero attached hydrogens (tertiary/aromatic N) is 2. The van der Waals surface area contributed by atoms with Crippen LogP contribution >= 0.6 is 0 Å². The van der Waals surface area contributed by atoms with Crippen molar-refractivity contribution in [2.24, 2.45) is 0 Å². The third-order valence-electron chi connectivity index (χ3n) is 3.05. The first-order valence-corrected chi connectivity index (χ1v) is 5.85. The van der Waals surface area contributed by atoms with E-state index in [-0.39, 0.29) is 11.6 Å². The Morgan fingerprint density at radius 3 is 2.78 bits per heavy atom. The molecule has 0 aliphatic carbocycles. The molecule has 1 aromatic rings. The lowest BCUT2D eigenvalue weighted by atomic mass is 10.0. The molecule has 1 aliphatic rings. The van der Waals surface area contributed by atoms with Crippen molar-refractivity contribution in [2.45, 2.75) is 25.3 Å². The zero-order valence-electron chi connectivity index (χ0n) is 9.87. The number of likely N-dealkylation sites (tertiary alicyclic amines) is 1. The molecule has 0 bridgehead atoms. The Morgan fingerprint density at radius 2 is 2.17 bits per heavy atom. The van der Waals surface area contributed by atoms with Crippen LogP contribution in [0.4, 0.5) is 5.69 Å². The van der Waals surface area contributed by atoms with Crippen molar-refractivity contribution in [1.29, 1.82) is 0 Å². The van der Waals surface area contributed by atoms with E-state index in [4.69, 9.17) is 10.8 Å². The summed E-state index contributed by atoms with van der Waals surface area (Å²) in [6.45, 7) is 0.460. The summed E-state index contributed by atoms with van der Waals surface area (Å²) in [7, 11) is 0. The number of carbonyl (C=O) groups is 2. The van der Waals surface area contributed by atoms with E-state index in [9.17, 15) is 9.59 Å². The number of carboxylic acids is 1. The predicted octanol–water partition coefficient (Wildman–Crippen LogP) is 0.743.